The molecule has 2 heterocycles. The Morgan fingerprint density at radius 1 is 1.05 bits per heavy atom. The van der Waals surface area contributed by atoms with Crippen molar-refractivity contribution < 1.29 is 0 Å². The van der Waals surface area contributed by atoms with E-state index in [9.17, 15) is 0 Å². The average Bonchev–Trinajstić information content (AvgIpc) is 3.01. The molecule has 0 radical (unpaired) electrons. The minimum Gasteiger partial charge on any atom is -0.381 e. The second-order valence-corrected chi connectivity index (χ2v) is 4.70. The highest BCUT2D eigenvalue weighted by Crippen LogP contribution is 2.19. The highest BCUT2D eigenvalue weighted by atomic mass is 14.9. The summed E-state index contributed by atoms with van der Waals surface area (Å²) in [5.41, 5.74) is 5.46. The number of aryl methyl sites for hydroxylation is 1. The first kappa shape index (κ1) is 12.4. The largest absolute Gasteiger partial charge is 0.381 e. The van der Waals surface area contributed by atoms with Crippen LogP contribution in [-0.4, -0.2) is 15.0 Å². The van der Waals surface area contributed by atoms with Crippen LogP contribution in [-0.2, 0) is 6.54 Å². The summed E-state index contributed by atoms with van der Waals surface area (Å²) in [7, 11) is 0. The molecule has 0 unspecified atom stereocenters. The van der Waals surface area contributed by atoms with Crippen molar-refractivity contribution in [3.8, 4) is 11.3 Å². The maximum absolute atomic E-state index is 4.29. The number of aromatic nitrogens is 3. The first-order valence-corrected chi connectivity index (χ1v) is 6.55. The van der Waals surface area contributed by atoms with Crippen molar-refractivity contribution in [2.24, 2.45) is 0 Å². The van der Waals surface area contributed by atoms with Crippen LogP contribution in [0.1, 0.15) is 11.3 Å². The molecular weight excluding hydrogens is 248 g/mol. The second kappa shape index (κ2) is 5.57. The van der Waals surface area contributed by atoms with Crippen LogP contribution in [0.5, 0.6) is 0 Å². The molecular formula is C16H16N4. The number of H-pyrrole nitrogens is 1. The molecule has 0 aliphatic rings. The highest BCUT2D eigenvalue weighted by Gasteiger charge is 1.99. The number of pyridine rings is 1. The number of rotatable bonds is 4. The second-order valence-electron chi connectivity index (χ2n) is 4.70. The number of nitrogens with zero attached hydrogens (tertiary/aromatic N) is 2. The Hall–Kier alpha value is -2.62. The molecule has 0 atom stereocenters. The highest BCUT2D eigenvalue weighted by molar-refractivity contribution is 5.61. The van der Waals surface area contributed by atoms with E-state index in [0.717, 1.165) is 29.2 Å². The fraction of sp³-hybridized carbons (Fsp3) is 0.125. The number of benzene rings is 1. The van der Waals surface area contributed by atoms with Crippen LogP contribution in [0.25, 0.3) is 11.3 Å². The smallest absolute Gasteiger partial charge is 0.0924 e. The molecule has 0 bridgehead atoms. The van der Waals surface area contributed by atoms with Crippen molar-refractivity contribution in [3.05, 3.63) is 66.4 Å². The van der Waals surface area contributed by atoms with E-state index in [-0.39, 0.29) is 0 Å². The Labute approximate surface area is 117 Å². The van der Waals surface area contributed by atoms with Crippen molar-refractivity contribution in [2.45, 2.75) is 13.5 Å². The lowest BCUT2D eigenvalue weighted by atomic mass is 10.1. The molecule has 0 aliphatic carbocycles. The van der Waals surface area contributed by atoms with Gasteiger partial charge in [-0.15, -0.1) is 0 Å². The van der Waals surface area contributed by atoms with Crippen LogP contribution in [0, 0.1) is 6.92 Å². The molecule has 2 aromatic heterocycles. The summed E-state index contributed by atoms with van der Waals surface area (Å²) in [4.78, 5) is 11.4. The van der Waals surface area contributed by atoms with Crippen LogP contribution in [0.4, 0.5) is 5.69 Å². The normalized spacial score (nSPS) is 10.4. The van der Waals surface area contributed by atoms with E-state index >= 15 is 0 Å². The average molecular weight is 264 g/mol. The van der Waals surface area contributed by atoms with Gasteiger partial charge in [0.25, 0.3) is 0 Å². The molecule has 4 nitrogen and oxygen atoms in total. The van der Waals surface area contributed by atoms with Crippen LogP contribution in [0.2, 0.25) is 0 Å². The standard InChI is InChI=1S/C16H16N4/c1-12-2-3-13(8-18-12)9-19-15-6-4-14(5-7-15)16-10-17-11-20-16/h2-8,10-11,19H,9H2,1H3,(H,17,20). The van der Waals surface area contributed by atoms with Gasteiger partial charge in [-0.1, -0.05) is 18.2 Å². The molecule has 3 aromatic rings. The summed E-state index contributed by atoms with van der Waals surface area (Å²) < 4.78 is 0. The number of hydrogen-bond acceptors (Lipinski definition) is 3. The van der Waals surface area contributed by atoms with Crippen LogP contribution in [0.15, 0.2) is 55.1 Å². The van der Waals surface area contributed by atoms with Crippen molar-refractivity contribution >= 4 is 5.69 Å². The minimum absolute atomic E-state index is 0.774. The lowest BCUT2D eigenvalue weighted by Gasteiger charge is -2.07. The van der Waals surface area contributed by atoms with Gasteiger partial charge in [-0.25, -0.2) is 4.98 Å². The number of anilines is 1. The number of imidazole rings is 1. The Bertz CT molecular complexity index is 655. The third-order valence-electron chi connectivity index (χ3n) is 3.16. The van der Waals surface area contributed by atoms with E-state index in [0.29, 0.717) is 0 Å². The molecule has 0 fully saturated rings. The van der Waals surface area contributed by atoms with Gasteiger partial charge in [0.2, 0.25) is 0 Å². The fourth-order valence-corrected chi connectivity index (χ4v) is 1.99. The molecule has 20 heavy (non-hydrogen) atoms. The van der Waals surface area contributed by atoms with Crippen molar-refractivity contribution in [1.29, 1.82) is 0 Å². The summed E-state index contributed by atoms with van der Waals surface area (Å²) in [6, 6.07) is 12.4. The van der Waals surface area contributed by atoms with Crippen LogP contribution >= 0.6 is 0 Å². The zero-order valence-corrected chi connectivity index (χ0v) is 11.3. The summed E-state index contributed by atoms with van der Waals surface area (Å²) in [5, 5.41) is 3.39. The summed E-state index contributed by atoms with van der Waals surface area (Å²) in [5.74, 6) is 0. The zero-order valence-electron chi connectivity index (χ0n) is 11.3. The van der Waals surface area contributed by atoms with Gasteiger partial charge in [0.05, 0.1) is 18.2 Å². The van der Waals surface area contributed by atoms with E-state index in [4.69, 9.17) is 0 Å². The van der Waals surface area contributed by atoms with Crippen LogP contribution in [0.3, 0.4) is 0 Å². The SMILES string of the molecule is Cc1ccc(CNc2ccc(-c3cnc[nH]3)cc2)cn1. The molecule has 2 N–H and O–H groups in total. The zero-order chi connectivity index (χ0) is 13.8. The van der Waals surface area contributed by atoms with Crippen LogP contribution < -0.4 is 5.32 Å². The number of nitrogens with one attached hydrogen (secondary N) is 2. The lowest BCUT2D eigenvalue weighted by molar-refractivity contribution is 1.09. The first-order valence-electron chi connectivity index (χ1n) is 6.55. The van der Waals surface area contributed by atoms with Gasteiger partial charge < -0.3 is 10.3 Å². The molecule has 0 aliphatic heterocycles. The third-order valence-corrected chi connectivity index (χ3v) is 3.16. The molecule has 1 aromatic carbocycles. The monoisotopic (exact) mass is 264 g/mol. The van der Waals surface area contributed by atoms with Gasteiger partial charge in [0.1, 0.15) is 0 Å². The Morgan fingerprint density at radius 2 is 1.90 bits per heavy atom. The first-order chi connectivity index (χ1) is 9.81. The molecule has 0 saturated carbocycles. The molecule has 3 rings (SSSR count). The predicted molar refractivity (Wildman–Crippen MR) is 80.3 cm³/mol. The molecule has 0 saturated heterocycles. The number of hydrogen-bond donors (Lipinski definition) is 2. The van der Waals surface area contributed by atoms with Crippen molar-refractivity contribution in [3.63, 3.8) is 0 Å². The molecule has 0 amide bonds. The van der Waals surface area contributed by atoms with E-state index in [1.807, 2.05) is 25.4 Å². The molecule has 0 spiro atoms. The Kier molecular flexibility index (Phi) is 3.46. The Morgan fingerprint density at radius 3 is 2.55 bits per heavy atom. The lowest BCUT2D eigenvalue weighted by Crippen LogP contribution is -1.99. The summed E-state index contributed by atoms with van der Waals surface area (Å²) in [6.07, 6.45) is 5.41. The van der Waals surface area contributed by atoms with Gasteiger partial charge in [0.15, 0.2) is 0 Å². The number of aromatic amines is 1. The summed E-state index contributed by atoms with van der Waals surface area (Å²) in [6.45, 7) is 2.77. The van der Waals surface area contributed by atoms with Gasteiger partial charge in [-0.2, -0.15) is 0 Å². The third kappa shape index (κ3) is 2.85. The molecule has 4 heteroatoms. The van der Waals surface area contributed by atoms with Gasteiger partial charge in [-0.05, 0) is 36.2 Å². The van der Waals surface area contributed by atoms with Gasteiger partial charge in [-0.3, -0.25) is 4.98 Å². The van der Waals surface area contributed by atoms with Gasteiger partial charge >= 0.3 is 0 Å². The molecule has 100 valence electrons. The topological polar surface area (TPSA) is 53.6 Å². The quantitative estimate of drug-likeness (QED) is 0.759. The summed E-state index contributed by atoms with van der Waals surface area (Å²) >= 11 is 0. The minimum atomic E-state index is 0.774. The fourth-order valence-electron chi connectivity index (χ4n) is 1.99. The van der Waals surface area contributed by atoms with E-state index in [1.54, 1.807) is 6.33 Å². The maximum Gasteiger partial charge on any atom is 0.0924 e. The van der Waals surface area contributed by atoms with E-state index < -0.39 is 0 Å². The van der Waals surface area contributed by atoms with Gasteiger partial charge in [0, 0.05) is 24.1 Å². The predicted octanol–water partition coefficient (Wildman–Crippen LogP) is 3.39. The van der Waals surface area contributed by atoms with Crippen molar-refractivity contribution in [2.75, 3.05) is 5.32 Å². The maximum atomic E-state index is 4.29. The Balaban J connectivity index is 1.65. The van der Waals surface area contributed by atoms with E-state index in [2.05, 4.69) is 50.6 Å². The van der Waals surface area contributed by atoms with Crippen molar-refractivity contribution in [1.82, 2.24) is 15.0 Å². The van der Waals surface area contributed by atoms with E-state index in [1.165, 1.54) is 5.56 Å².